The fourth-order valence-corrected chi connectivity index (χ4v) is 4.53. The first kappa shape index (κ1) is 27.3. The summed E-state index contributed by atoms with van der Waals surface area (Å²) in [6, 6.07) is 14.3. The van der Waals surface area contributed by atoms with Gasteiger partial charge in [0.2, 0.25) is 5.43 Å². The second-order valence-corrected chi connectivity index (χ2v) is 9.36. The molecule has 0 spiro atoms. The molecule has 5 aromatic rings. The van der Waals surface area contributed by atoms with Crippen molar-refractivity contribution in [3.63, 3.8) is 0 Å². The van der Waals surface area contributed by atoms with Gasteiger partial charge < -0.3 is 24.1 Å². The lowest BCUT2D eigenvalue weighted by atomic mass is 9.97. The maximum Gasteiger partial charge on any atom is 0.261 e. The zero-order valence-corrected chi connectivity index (χ0v) is 23.1. The van der Waals surface area contributed by atoms with E-state index in [1.807, 2.05) is 0 Å². The second-order valence-electron chi connectivity index (χ2n) is 9.36. The predicted molar refractivity (Wildman–Crippen MR) is 154 cm³/mol. The standard InChI is InChI=1S/C31H27FN4O5/c1-17-14-19(32)6-11-22(17)27-18(2)36(3)16-23(29(27)37)30(38)34-20-7-9-21(10-8-20)41-25-12-13-33-24-15-26(39-4)31(40-5)35-28(24)25/h6-16H,1-5H3,(H,34,38). The summed E-state index contributed by atoms with van der Waals surface area (Å²) in [6.07, 6.45) is 3.10. The Morgan fingerprint density at radius 1 is 0.976 bits per heavy atom. The molecule has 3 aromatic heterocycles. The first-order valence-corrected chi connectivity index (χ1v) is 12.6. The summed E-state index contributed by atoms with van der Waals surface area (Å²) in [6.45, 7) is 3.51. The molecule has 2 aromatic carbocycles. The summed E-state index contributed by atoms with van der Waals surface area (Å²) < 4.78 is 32.1. The minimum atomic E-state index is -0.564. The van der Waals surface area contributed by atoms with Gasteiger partial charge in [0.25, 0.3) is 11.8 Å². The van der Waals surface area contributed by atoms with Crippen molar-refractivity contribution >= 4 is 22.6 Å². The maximum absolute atomic E-state index is 13.7. The van der Waals surface area contributed by atoms with Gasteiger partial charge in [0, 0.05) is 48.5 Å². The third-order valence-electron chi connectivity index (χ3n) is 6.75. The minimum absolute atomic E-state index is 0.0316. The Kier molecular flexibility index (Phi) is 7.39. The Balaban J connectivity index is 1.39. The van der Waals surface area contributed by atoms with Gasteiger partial charge in [-0.3, -0.25) is 14.6 Å². The molecule has 0 unspecified atom stereocenters. The van der Waals surface area contributed by atoms with Crippen LogP contribution in [0.1, 0.15) is 21.6 Å². The van der Waals surface area contributed by atoms with Gasteiger partial charge in [0.05, 0.1) is 19.7 Å². The van der Waals surface area contributed by atoms with Gasteiger partial charge in [-0.15, -0.1) is 0 Å². The summed E-state index contributed by atoms with van der Waals surface area (Å²) in [7, 11) is 4.77. The average molecular weight is 555 g/mol. The topological polar surface area (TPSA) is 105 Å². The number of anilines is 1. The molecule has 0 saturated carbocycles. The number of hydrogen-bond acceptors (Lipinski definition) is 7. The number of amides is 1. The van der Waals surface area contributed by atoms with Crippen molar-refractivity contribution in [2.45, 2.75) is 13.8 Å². The Bertz CT molecular complexity index is 1850. The van der Waals surface area contributed by atoms with Crippen molar-refractivity contribution in [3.8, 4) is 34.3 Å². The molecule has 0 bridgehead atoms. The molecule has 0 fully saturated rings. The smallest absolute Gasteiger partial charge is 0.261 e. The summed E-state index contributed by atoms with van der Waals surface area (Å²) in [5, 5.41) is 2.78. The van der Waals surface area contributed by atoms with Crippen molar-refractivity contribution in [2.24, 2.45) is 7.05 Å². The predicted octanol–water partition coefficient (Wildman–Crippen LogP) is 5.81. The Morgan fingerprint density at radius 3 is 2.41 bits per heavy atom. The zero-order valence-electron chi connectivity index (χ0n) is 23.1. The van der Waals surface area contributed by atoms with E-state index < -0.39 is 17.2 Å². The Hall–Kier alpha value is -5.25. The van der Waals surface area contributed by atoms with Crippen LogP contribution in [0.25, 0.3) is 22.2 Å². The number of methoxy groups -OCH3 is 2. The van der Waals surface area contributed by atoms with E-state index in [0.717, 1.165) is 0 Å². The van der Waals surface area contributed by atoms with E-state index >= 15 is 0 Å². The molecule has 1 N–H and O–H groups in total. The van der Waals surface area contributed by atoms with Crippen LogP contribution in [0.2, 0.25) is 0 Å². The fraction of sp³-hybridized carbons (Fsp3) is 0.161. The first-order valence-electron chi connectivity index (χ1n) is 12.6. The summed E-state index contributed by atoms with van der Waals surface area (Å²) in [5.74, 6) is 0.747. The van der Waals surface area contributed by atoms with Gasteiger partial charge in [-0.05, 0) is 61.4 Å². The van der Waals surface area contributed by atoms with Gasteiger partial charge >= 0.3 is 0 Å². The van der Waals surface area contributed by atoms with Crippen LogP contribution in [-0.4, -0.2) is 34.7 Å². The number of aryl methyl sites for hydroxylation is 2. The highest BCUT2D eigenvalue weighted by Gasteiger charge is 2.20. The van der Waals surface area contributed by atoms with E-state index in [1.165, 1.54) is 32.5 Å². The maximum atomic E-state index is 13.7. The van der Waals surface area contributed by atoms with Crippen molar-refractivity contribution in [1.82, 2.24) is 14.5 Å². The van der Waals surface area contributed by atoms with E-state index in [1.54, 1.807) is 74.1 Å². The number of halogens is 1. The number of pyridine rings is 3. The van der Waals surface area contributed by atoms with Crippen LogP contribution in [0.5, 0.6) is 23.1 Å². The minimum Gasteiger partial charge on any atom is -0.491 e. The van der Waals surface area contributed by atoms with Crippen molar-refractivity contribution in [1.29, 1.82) is 0 Å². The van der Waals surface area contributed by atoms with Gasteiger partial charge in [-0.1, -0.05) is 6.07 Å². The molecule has 0 aliphatic heterocycles. The monoisotopic (exact) mass is 554 g/mol. The van der Waals surface area contributed by atoms with Gasteiger partial charge in [0.1, 0.15) is 22.6 Å². The second kappa shape index (κ2) is 11.1. The van der Waals surface area contributed by atoms with E-state index in [9.17, 15) is 14.0 Å². The quantitative estimate of drug-likeness (QED) is 0.271. The molecular weight excluding hydrogens is 527 g/mol. The van der Waals surface area contributed by atoms with Gasteiger partial charge in [-0.25, -0.2) is 9.37 Å². The molecule has 0 aliphatic rings. The van der Waals surface area contributed by atoms with Crippen LogP contribution in [0.4, 0.5) is 10.1 Å². The fourth-order valence-electron chi connectivity index (χ4n) is 4.53. The molecule has 3 heterocycles. The number of carbonyl (C=O) groups excluding carboxylic acids is 1. The van der Waals surface area contributed by atoms with E-state index in [0.29, 0.717) is 62.2 Å². The highest BCUT2D eigenvalue weighted by molar-refractivity contribution is 6.04. The molecule has 0 radical (unpaired) electrons. The Labute approximate surface area is 235 Å². The molecule has 0 atom stereocenters. The summed E-state index contributed by atoms with van der Waals surface area (Å²) >= 11 is 0. The zero-order chi connectivity index (χ0) is 29.3. The molecule has 10 heteroatoms. The molecular formula is C31H27FN4O5. The molecule has 41 heavy (non-hydrogen) atoms. The number of nitrogens with zero attached hydrogens (tertiary/aromatic N) is 3. The Morgan fingerprint density at radius 2 is 1.73 bits per heavy atom. The summed E-state index contributed by atoms with van der Waals surface area (Å²) in [4.78, 5) is 35.4. The van der Waals surface area contributed by atoms with Crippen LogP contribution >= 0.6 is 0 Å². The molecule has 5 rings (SSSR count). The molecule has 208 valence electrons. The largest absolute Gasteiger partial charge is 0.491 e. The number of fused-ring (bicyclic) bond motifs is 1. The number of hydrogen-bond donors (Lipinski definition) is 1. The summed E-state index contributed by atoms with van der Waals surface area (Å²) in [5.41, 5.74) is 3.26. The molecule has 0 aliphatic carbocycles. The highest BCUT2D eigenvalue weighted by Crippen LogP contribution is 2.34. The van der Waals surface area contributed by atoms with Crippen molar-refractivity contribution in [3.05, 3.63) is 99.9 Å². The molecule has 0 saturated heterocycles. The number of carbonyl (C=O) groups is 1. The third kappa shape index (κ3) is 5.31. The highest BCUT2D eigenvalue weighted by atomic mass is 19.1. The average Bonchev–Trinajstić information content (AvgIpc) is 2.96. The van der Waals surface area contributed by atoms with E-state index in [-0.39, 0.29) is 5.56 Å². The van der Waals surface area contributed by atoms with E-state index in [2.05, 4.69) is 15.3 Å². The number of ether oxygens (including phenoxy) is 3. The lowest BCUT2D eigenvalue weighted by molar-refractivity contribution is 0.102. The van der Waals surface area contributed by atoms with E-state index in [4.69, 9.17) is 14.2 Å². The van der Waals surface area contributed by atoms with Crippen LogP contribution in [0.3, 0.4) is 0 Å². The van der Waals surface area contributed by atoms with Crippen LogP contribution < -0.4 is 25.0 Å². The molecule has 1 amide bonds. The number of nitrogens with one attached hydrogen (secondary N) is 1. The van der Waals surface area contributed by atoms with Crippen LogP contribution in [-0.2, 0) is 7.05 Å². The lowest BCUT2D eigenvalue weighted by Crippen LogP contribution is -2.25. The SMILES string of the molecule is COc1cc2nccc(Oc3ccc(NC(=O)c4cn(C)c(C)c(-c5ccc(F)cc5C)c4=O)cc3)c2nc1OC. The normalized spacial score (nSPS) is 10.9. The lowest BCUT2D eigenvalue weighted by Gasteiger charge is -2.15. The van der Waals surface area contributed by atoms with Gasteiger partial charge in [-0.2, -0.15) is 0 Å². The number of aromatic nitrogens is 3. The first-order chi connectivity index (χ1) is 19.7. The van der Waals surface area contributed by atoms with Gasteiger partial charge in [0.15, 0.2) is 11.5 Å². The molecule has 9 nitrogen and oxygen atoms in total. The number of benzene rings is 2. The number of rotatable bonds is 7. The van der Waals surface area contributed by atoms with Crippen molar-refractivity contribution < 1.29 is 23.4 Å². The van der Waals surface area contributed by atoms with Crippen LogP contribution in [0, 0.1) is 19.7 Å². The van der Waals surface area contributed by atoms with Crippen molar-refractivity contribution in [2.75, 3.05) is 19.5 Å². The third-order valence-corrected chi connectivity index (χ3v) is 6.75. The van der Waals surface area contributed by atoms with Crippen LogP contribution in [0.15, 0.2) is 71.8 Å².